The van der Waals surface area contributed by atoms with Crippen LogP contribution in [0.2, 0.25) is 0 Å². The third kappa shape index (κ3) is 14.5. The zero-order valence-corrected chi connectivity index (χ0v) is 86.6. The monoisotopic (exact) mass is 2010 g/mol. The number of benzene rings is 18. The third-order valence-electron chi connectivity index (χ3n) is 31.9. The molecule has 726 valence electrons. The van der Waals surface area contributed by atoms with Gasteiger partial charge in [-0.25, -0.2) is 29.9 Å². The van der Waals surface area contributed by atoms with Crippen molar-refractivity contribution >= 4 is 185 Å². The van der Waals surface area contributed by atoms with Gasteiger partial charge < -0.3 is 46.6 Å². The summed E-state index contributed by atoms with van der Waals surface area (Å²) in [6.45, 7) is 26.7. The molecule has 1 saturated heterocycles. The van der Waals surface area contributed by atoms with Crippen molar-refractivity contribution < 1.29 is 27.0 Å². The Morgan fingerprint density at radius 3 is 0.713 bits per heavy atom. The molecule has 5 aliphatic rings. The highest BCUT2D eigenvalue weighted by Gasteiger charge is 2.54. The first-order chi connectivity index (χ1) is 72.8. The molecule has 16 nitrogen and oxygen atoms in total. The molecule has 0 amide bonds. The first-order valence-corrected chi connectivity index (χ1v) is 52.0. The Labute approximate surface area is 877 Å². The molecule has 0 N–H and O–H groups in total. The smallest absolute Gasteiger partial charge is 0.454 e. The largest absolute Gasteiger partial charge is 0.534 e. The van der Waals surface area contributed by atoms with E-state index in [1.54, 1.807) is 0 Å². The summed E-state index contributed by atoms with van der Waals surface area (Å²) in [5.74, 6) is 2.95. The summed E-state index contributed by atoms with van der Waals surface area (Å²) in [7, 11) is -0.636. The Hall–Kier alpha value is -17.2. The van der Waals surface area contributed by atoms with Gasteiger partial charge in [0.25, 0.3) is 0 Å². The molecule has 18 heteroatoms. The molecule has 1 fully saturated rings. The van der Waals surface area contributed by atoms with Crippen LogP contribution in [-0.2, 0) is 31.0 Å². The number of rotatable bonds is 10. The van der Waals surface area contributed by atoms with Crippen molar-refractivity contribution in [2.24, 2.45) is 0 Å². The number of halogens is 1. The summed E-state index contributed by atoms with van der Waals surface area (Å²) in [4.78, 5) is 39.5. The van der Waals surface area contributed by atoms with Crippen LogP contribution in [0.25, 0.3) is 145 Å². The Balaban J connectivity index is 0.000000121. The molecule has 6 aromatic heterocycles. The lowest BCUT2D eigenvalue weighted by Gasteiger charge is -2.43. The molecule has 18 aromatic carbocycles. The molecule has 0 saturated carbocycles. The maximum absolute atomic E-state index is 7.00. The summed E-state index contributed by atoms with van der Waals surface area (Å²) in [6.07, 6.45) is 0. The number of aromatic nitrogens is 6. The Morgan fingerprint density at radius 2 is 0.440 bits per heavy atom. The zero-order chi connectivity index (χ0) is 102. The lowest BCUT2D eigenvalue weighted by Crippen LogP contribution is -2.41. The molecule has 0 aliphatic carbocycles. The Morgan fingerprint density at radius 1 is 0.213 bits per heavy atom. The maximum Gasteiger partial charge on any atom is 0.534 e. The van der Waals surface area contributed by atoms with Crippen LogP contribution in [-0.4, -0.2) is 48.2 Å². The molecular formula is C132H102BBrN10O6. The summed E-state index contributed by atoms with van der Waals surface area (Å²) in [5, 5.41) is 8.77. The summed E-state index contributed by atoms with van der Waals surface area (Å²) in [6, 6.07) is 140. The van der Waals surface area contributed by atoms with Crippen molar-refractivity contribution in [1.29, 1.82) is 0 Å². The van der Waals surface area contributed by atoms with Gasteiger partial charge in [0, 0.05) is 120 Å². The molecule has 0 atom stereocenters. The van der Waals surface area contributed by atoms with Gasteiger partial charge in [-0.15, -0.1) is 0 Å². The summed E-state index contributed by atoms with van der Waals surface area (Å²) < 4.78 is 40.9. The molecule has 29 rings (SSSR count). The average molecular weight is 2020 g/mol. The minimum absolute atomic E-state index is 0.256. The van der Waals surface area contributed by atoms with Gasteiger partial charge in [0.2, 0.25) is 0 Å². The number of anilines is 12. The van der Waals surface area contributed by atoms with Crippen molar-refractivity contribution in [3.63, 3.8) is 0 Å². The van der Waals surface area contributed by atoms with Crippen LogP contribution in [0.5, 0.6) is 0 Å². The van der Waals surface area contributed by atoms with Gasteiger partial charge in [-0.3, -0.25) is 0 Å². The van der Waals surface area contributed by atoms with Gasteiger partial charge in [-0.2, -0.15) is 0 Å². The van der Waals surface area contributed by atoms with E-state index < -0.39 is 18.3 Å². The van der Waals surface area contributed by atoms with E-state index in [1.807, 2.05) is 149 Å². The van der Waals surface area contributed by atoms with E-state index in [0.29, 0.717) is 34.8 Å². The Kier molecular flexibility index (Phi) is 21.0. The second-order valence-corrected chi connectivity index (χ2v) is 43.7. The minimum Gasteiger partial charge on any atom is -0.454 e. The van der Waals surface area contributed by atoms with Crippen LogP contribution < -0.4 is 25.3 Å². The molecule has 24 aromatic rings. The predicted molar refractivity (Wildman–Crippen MR) is 613 cm³/mol. The number of hydrogen-bond donors (Lipinski definition) is 0. The molecule has 0 spiro atoms. The molecule has 0 radical (unpaired) electrons. The molecule has 5 aliphatic heterocycles. The third-order valence-corrected chi connectivity index (χ3v) is 32.3. The van der Waals surface area contributed by atoms with Gasteiger partial charge in [0.1, 0.15) is 22.3 Å². The number of hydrogen-bond acceptors (Lipinski definition) is 16. The molecular weight excluding hydrogens is 1910 g/mol. The Bertz CT molecular complexity index is 9100. The van der Waals surface area contributed by atoms with E-state index in [4.69, 9.17) is 41.9 Å². The highest BCUT2D eigenvalue weighted by Crippen LogP contribution is 2.63. The zero-order valence-electron chi connectivity index (χ0n) is 85.0. The fourth-order valence-corrected chi connectivity index (χ4v) is 24.0. The van der Waals surface area contributed by atoms with Crippen molar-refractivity contribution in [2.75, 3.05) is 19.6 Å². The van der Waals surface area contributed by atoms with E-state index in [-0.39, 0.29) is 21.7 Å². The van der Waals surface area contributed by atoms with Crippen molar-refractivity contribution in [2.45, 2.75) is 116 Å². The second-order valence-electron chi connectivity index (χ2n) is 42.8. The van der Waals surface area contributed by atoms with Crippen LogP contribution in [0, 0.1) is 0 Å². The van der Waals surface area contributed by atoms with Gasteiger partial charge in [0.05, 0.1) is 56.7 Å². The maximum atomic E-state index is 7.00. The summed E-state index contributed by atoms with van der Waals surface area (Å²) in [5.41, 5.74) is 32.0. The normalized spacial score (nSPS) is 15.4. The fourth-order valence-electron chi connectivity index (χ4n) is 23.5. The van der Waals surface area contributed by atoms with Crippen LogP contribution in [0.15, 0.2) is 423 Å². The number of furan rings is 4. The van der Waals surface area contributed by atoms with Crippen LogP contribution in [0.1, 0.15) is 128 Å². The van der Waals surface area contributed by atoms with Crippen LogP contribution in [0.3, 0.4) is 0 Å². The lowest BCUT2D eigenvalue weighted by atomic mass is 9.73. The lowest BCUT2D eigenvalue weighted by molar-refractivity contribution is 0.00578. The molecule has 0 unspecified atom stereocenters. The highest BCUT2D eigenvalue weighted by atomic mass is 79.9. The first kappa shape index (κ1) is 91.5. The predicted octanol–water partition coefficient (Wildman–Crippen LogP) is 34.9. The number of para-hydroxylation sites is 8. The van der Waals surface area contributed by atoms with Crippen LogP contribution >= 0.6 is 15.9 Å². The van der Waals surface area contributed by atoms with E-state index in [0.717, 1.165) is 188 Å². The molecule has 0 bridgehead atoms. The molecule has 11 heterocycles. The average Bonchev–Trinajstić information content (AvgIpc) is 1.34. The number of nitrogens with zero attached hydrogens (tertiary/aromatic N) is 10. The highest BCUT2D eigenvalue weighted by molar-refractivity contribution is 9.10. The quantitative estimate of drug-likeness (QED) is 0.119. The van der Waals surface area contributed by atoms with E-state index in [1.165, 1.54) is 44.5 Å². The van der Waals surface area contributed by atoms with E-state index >= 15 is 0 Å². The summed E-state index contributed by atoms with van der Waals surface area (Å²) >= 11 is 4.01. The van der Waals surface area contributed by atoms with Gasteiger partial charge in [-0.1, -0.05) is 387 Å². The standard InChI is InChI=1S/C63H45N5O2.C48H35BrN2O2.C21H22BN3O2/c1-62(2)47-25-13-15-27-51(47)67(55-49(62)33-31-45-43-23-11-17-29-53(43)69-57(45)55)41-35-40(61-65-59(38-19-7-5-8-20-38)64-60(66-61)39-21-9-6-10-22-39)36-42(37-41)68-52-28-16-14-26-48(52)63(3,4)50-34-32-46-44-24-12-18-30-54(44)70-58(46)56(50)68;1-47(2)35-15-7-9-17-39(35)50(43-37(47)23-21-33-31-13-5-11-19-41(31)52-45(33)43)29-25-28(49)26-30(27-29)51-40-18-10-8-16-36(40)48(3,4)38-24-22-34-32-14-6-12-20-42(32)53-46(34)44(38)51;1-20(2)21(3,4)27-22(26-20)19-24-17(15-11-7-5-8-12-15)23-18(25-19)16-13-9-6-10-14-16/h5-37H,1-4H3;5-27H,1-4H3;5-14H,1-4H3. The minimum atomic E-state index is -0.636. The van der Waals surface area contributed by atoms with Crippen LogP contribution in [0.4, 0.5) is 68.2 Å². The van der Waals surface area contributed by atoms with Gasteiger partial charge in [-0.05, 0) is 157 Å². The number of fused-ring (bicyclic) bond motifs is 24. The van der Waals surface area contributed by atoms with E-state index in [9.17, 15) is 0 Å². The van der Waals surface area contributed by atoms with E-state index in [2.05, 4.69) is 385 Å². The van der Waals surface area contributed by atoms with Gasteiger partial charge >= 0.3 is 7.12 Å². The van der Waals surface area contributed by atoms with Crippen molar-refractivity contribution in [1.82, 2.24) is 29.9 Å². The van der Waals surface area contributed by atoms with Crippen molar-refractivity contribution in [3.05, 3.63) is 449 Å². The second kappa shape index (κ2) is 34.5. The van der Waals surface area contributed by atoms with Crippen molar-refractivity contribution in [3.8, 4) is 56.9 Å². The van der Waals surface area contributed by atoms with Gasteiger partial charge in [0.15, 0.2) is 57.2 Å². The first-order valence-electron chi connectivity index (χ1n) is 51.2. The fraction of sp³-hybridized carbons (Fsp3) is 0.136. The SMILES string of the molecule is CC1(C)OB(c2nc(-c3ccccc3)nc(-c3ccccc3)n2)OC1(C)C.CC1(C)c2ccccc2N(c2cc(-c3nc(-c4ccccc4)nc(-c4ccccc4)n3)cc(N3c4ccccc4C(C)(C)c4ccc5c(oc6ccccc65)c43)c2)c2c1ccc1c2oc2ccccc21.CC1(C)c2ccccc2N(c2cc(Br)cc(N3c4ccccc4C(C)(C)c4ccc5c(oc6ccccc65)c43)c2)c2c1ccc1c2oc2ccccc21. The molecule has 150 heavy (non-hydrogen) atoms. The topological polar surface area (TPSA) is 161 Å².